The standard InChI is InChI=1S/C24H28N4O.2ClH/c25-23(15-22-17-27(18-26-22)16-19-7-3-1-4-8-19)24(29)28-13-11-21(12-14-28)20-9-5-2-6-10-20;;/h1-10,17-18,21,23H,11-16,25H2;2*1H/t23-;;/m0../s1. The van der Waals surface area contributed by atoms with Crippen LogP contribution in [-0.2, 0) is 17.8 Å². The van der Waals surface area contributed by atoms with Crippen LogP contribution in [0, 0.1) is 0 Å². The van der Waals surface area contributed by atoms with E-state index in [1.807, 2.05) is 46.3 Å². The van der Waals surface area contributed by atoms with E-state index in [0.717, 1.165) is 38.2 Å². The fraction of sp³-hybridized carbons (Fsp3) is 0.333. The third kappa shape index (κ3) is 6.57. The number of likely N-dealkylation sites (tertiary alicyclic amines) is 1. The fourth-order valence-electron chi connectivity index (χ4n) is 4.10. The van der Waals surface area contributed by atoms with Crippen molar-refractivity contribution < 1.29 is 4.79 Å². The summed E-state index contributed by atoms with van der Waals surface area (Å²) in [7, 11) is 0. The van der Waals surface area contributed by atoms with Gasteiger partial charge in [-0.05, 0) is 29.9 Å². The van der Waals surface area contributed by atoms with E-state index in [2.05, 4.69) is 41.4 Å². The number of benzene rings is 2. The molecule has 31 heavy (non-hydrogen) atoms. The van der Waals surface area contributed by atoms with Gasteiger partial charge in [0.15, 0.2) is 0 Å². The molecule has 0 spiro atoms. The maximum atomic E-state index is 12.8. The Labute approximate surface area is 196 Å². The molecule has 1 saturated heterocycles. The van der Waals surface area contributed by atoms with Crippen LogP contribution in [-0.4, -0.2) is 39.5 Å². The number of amides is 1. The Morgan fingerprint density at radius 3 is 2.26 bits per heavy atom. The van der Waals surface area contributed by atoms with Crippen molar-refractivity contribution in [1.82, 2.24) is 14.5 Å². The van der Waals surface area contributed by atoms with Gasteiger partial charge in [-0.2, -0.15) is 0 Å². The largest absolute Gasteiger partial charge is 0.341 e. The van der Waals surface area contributed by atoms with Gasteiger partial charge in [0, 0.05) is 32.3 Å². The van der Waals surface area contributed by atoms with Gasteiger partial charge >= 0.3 is 0 Å². The first kappa shape index (κ1) is 24.9. The molecular weight excluding hydrogens is 431 g/mol. The van der Waals surface area contributed by atoms with Crippen molar-refractivity contribution >= 4 is 30.7 Å². The molecule has 0 aliphatic carbocycles. The molecule has 5 nitrogen and oxygen atoms in total. The Kier molecular flexibility index (Phi) is 9.56. The second-order valence-corrected chi connectivity index (χ2v) is 7.84. The summed E-state index contributed by atoms with van der Waals surface area (Å²) in [4.78, 5) is 19.2. The molecule has 1 aliphatic rings. The number of aromatic nitrogens is 2. The molecule has 1 aliphatic heterocycles. The summed E-state index contributed by atoms with van der Waals surface area (Å²) in [6.45, 7) is 2.31. The van der Waals surface area contributed by atoms with Crippen LogP contribution in [0.25, 0.3) is 0 Å². The maximum Gasteiger partial charge on any atom is 0.239 e. The van der Waals surface area contributed by atoms with Crippen molar-refractivity contribution in [2.24, 2.45) is 5.73 Å². The number of nitrogens with zero attached hydrogens (tertiary/aromatic N) is 3. The number of carbonyl (C=O) groups excluding carboxylic acids is 1. The maximum absolute atomic E-state index is 12.8. The number of hydrogen-bond acceptors (Lipinski definition) is 3. The molecule has 1 amide bonds. The van der Waals surface area contributed by atoms with Crippen molar-refractivity contribution in [3.05, 3.63) is 90.0 Å². The highest BCUT2D eigenvalue weighted by Gasteiger charge is 2.27. The molecule has 166 valence electrons. The highest BCUT2D eigenvalue weighted by atomic mass is 35.5. The lowest BCUT2D eigenvalue weighted by Crippen LogP contribution is -2.47. The molecule has 2 aromatic carbocycles. The van der Waals surface area contributed by atoms with Crippen LogP contribution >= 0.6 is 24.8 Å². The molecule has 0 saturated carbocycles. The summed E-state index contributed by atoms with van der Waals surface area (Å²) in [6.07, 6.45) is 6.26. The van der Waals surface area contributed by atoms with E-state index in [-0.39, 0.29) is 30.7 Å². The Balaban J connectivity index is 0.00000171. The average Bonchev–Trinajstić information content (AvgIpc) is 3.21. The molecule has 1 atom stereocenters. The molecule has 1 aromatic heterocycles. The van der Waals surface area contributed by atoms with Gasteiger partial charge in [0.1, 0.15) is 0 Å². The number of halogens is 2. The lowest BCUT2D eigenvalue weighted by Gasteiger charge is -2.33. The zero-order chi connectivity index (χ0) is 20.1. The second kappa shape index (κ2) is 11.9. The molecule has 3 aromatic rings. The third-order valence-electron chi connectivity index (χ3n) is 5.72. The molecule has 1 fully saturated rings. The first-order chi connectivity index (χ1) is 14.2. The SMILES string of the molecule is Cl.Cl.N[C@@H](Cc1cn(Cc2ccccc2)cn1)C(=O)N1CCC(c2ccccc2)CC1. The molecule has 0 radical (unpaired) electrons. The zero-order valence-corrected chi connectivity index (χ0v) is 19.1. The van der Waals surface area contributed by atoms with E-state index in [1.54, 1.807) is 0 Å². The van der Waals surface area contributed by atoms with Gasteiger partial charge in [-0.1, -0.05) is 60.7 Å². The van der Waals surface area contributed by atoms with Crippen LogP contribution in [0.1, 0.15) is 35.6 Å². The lowest BCUT2D eigenvalue weighted by molar-refractivity contribution is -0.133. The molecular formula is C24H30Cl2N4O. The molecule has 7 heteroatoms. The van der Waals surface area contributed by atoms with Crippen LogP contribution in [0.15, 0.2) is 73.2 Å². The Hall–Kier alpha value is -2.34. The van der Waals surface area contributed by atoms with Gasteiger partial charge in [0.25, 0.3) is 0 Å². The molecule has 4 rings (SSSR count). The second-order valence-electron chi connectivity index (χ2n) is 7.84. The van der Waals surface area contributed by atoms with Gasteiger partial charge < -0.3 is 15.2 Å². The summed E-state index contributed by atoms with van der Waals surface area (Å²) in [5.74, 6) is 0.569. The highest BCUT2D eigenvalue weighted by Crippen LogP contribution is 2.28. The number of hydrogen-bond donors (Lipinski definition) is 1. The summed E-state index contributed by atoms with van der Waals surface area (Å²) < 4.78 is 2.03. The number of imidazole rings is 1. The zero-order valence-electron chi connectivity index (χ0n) is 17.5. The minimum Gasteiger partial charge on any atom is -0.341 e. The minimum atomic E-state index is -0.539. The summed E-state index contributed by atoms with van der Waals surface area (Å²) in [5, 5.41) is 0. The van der Waals surface area contributed by atoms with E-state index in [9.17, 15) is 4.79 Å². The van der Waals surface area contributed by atoms with Crippen molar-refractivity contribution in [2.45, 2.75) is 37.8 Å². The van der Waals surface area contributed by atoms with Gasteiger partial charge in [0.2, 0.25) is 5.91 Å². The Bertz CT molecular complexity index is 925. The molecule has 2 heterocycles. The number of rotatable bonds is 6. The molecule has 0 bridgehead atoms. The lowest BCUT2D eigenvalue weighted by atomic mass is 9.89. The Morgan fingerprint density at radius 1 is 1.00 bits per heavy atom. The first-order valence-corrected chi connectivity index (χ1v) is 10.3. The number of piperidine rings is 1. The summed E-state index contributed by atoms with van der Waals surface area (Å²) in [5.41, 5.74) is 9.70. The smallest absolute Gasteiger partial charge is 0.239 e. The van der Waals surface area contributed by atoms with Gasteiger partial charge in [-0.25, -0.2) is 4.98 Å². The Morgan fingerprint density at radius 2 is 1.61 bits per heavy atom. The molecule has 2 N–H and O–H groups in total. The van der Waals surface area contributed by atoms with E-state index >= 15 is 0 Å². The van der Waals surface area contributed by atoms with Crippen LogP contribution in [0.5, 0.6) is 0 Å². The minimum absolute atomic E-state index is 0. The predicted molar refractivity (Wildman–Crippen MR) is 129 cm³/mol. The van der Waals surface area contributed by atoms with Gasteiger partial charge in [-0.3, -0.25) is 4.79 Å². The average molecular weight is 461 g/mol. The van der Waals surface area contributed by atoms with E-state index < -0.39 is 6.04 Å². The monoisotopic (exact) mass is 460 g/mol. The predicted octanol–water partition coefficient (Wildman–Crippen LogP) is 4.05. The van der Waals surface area contributed by atoms with Crippen LogP contribution < -0.4 is 5.73 Å². The van der Waals surface area contributed by atoms with Crippen molar-refractivity contribution in [2.75, 3.05) is 13.1 Å². The van der Waals surface area contributed by atoms with Crippen LogP contribution in [0.3, 0.4) is 0 Å². The van der Waals surface area contributed by atoms with Gasteiger partial charge in [-0.15, -0.1) is 24.8 Å². The number of nitrogens with two attached hydrogens (primary N) is 1. The number of carbonyl (C=O) groups is 1. The summed E-state index contributed by atoms with van der Waals surface area (Å²) in [6, 6.07) is 20.3. The highest BCUT2D eigenvalue weighted by molar-refractivity contribution is 5.85. The third-order valence-corrected chi connectivity index (χ3v) is 5.72. The van der Waals surface area contributed by atoms with Crippen molar-refractivity contribution in [3.63, 3.8) is 0 Å². The van der Waals surface area contributed by atoms with Crippen LogP contribution in [0.4, 0.5) is 0 Å². The van der Waals surface area contributed by atoms with E-state index in [0.29, 0.717) is 12.3 Å². The quantitative estimate of drug-likeness (QED) is 0.603. The van der Waals surface area contributed by atoms with Crippen molar-refractivity contribution in [1.29, 1.82) is 0 Å². The van der Waals surface area contributed by atoms with E-state index in [1.165, 1.54) is 11.1 Å². The summed E-state index contributed by atoms with van der Waals surface area (Å²) >= 11 is 0. The molecule has 0 unspecified atom stereocenters. The van der Waals surface area contributed by atoms with Crippen LogP contribution in [0.2, 0.25) is 0 Å². The topological polar surface area (TPSA) is 64.2 Å². The van der Waals surface area contributed by atoms with Crippen molar-refractivity contribution in [3.8, 4) is 0 Å². The normalized spacial score (nSPS) is 14.9. The van der Waals surface area contributed by atoms with E-state index in [4.69, 9.17) is 5.73 Å². The fourth-order valence-corrected chi connectivity index (χ4v) is 4.10. The first-order valence-electron chi connectivity index (χ1n) is 10.3. The van der Waals surface area contributed by atoms with Gasteiger partial charge in [0.05, 0.1) is 18.1 Å².